The average Bonchev–Trinajstić information content (AvgIpc) is 2.96. The van der Waals surface area contributed by atoms with E-state index >= 15 is 0 Å². The van der Waals surface area contributed by atoms with Crippen LogP contribution in [0.4, 0.5) is 5.69 Å². The third kappa shape index (κ3) is 6.03. The van der Waals surface area contributed by atoms with Gasteiger partial charge in [0.05, 0.1) is 5.51 Å². The normalized spacial score (nSPS) is 11.8. The lowest BCUT2D eigenvalue weighted by Gasteiger charge is -2.17. The van der Waals surface area contributed by atoms with Gasteiger partial charge in [0.25, 0.3) is 0 Å². The zero-order valence-corrected chi connectivity index (χ0v) is 14.6. The zero-order valence-electron chi connectivity index (χ0n) is 13.0. The van der Waals surface area contributed by atoms with Crippen molar-refractivity contribution in [3.05, 3.63) is 52.5 Å². The Morgan fingerprint density at radius 3 is 2.91 bits per heavy atom. The number of nitrogens with one attached hydrogen (secondary N) is 1. The lowest BCUT2D eigenvalue weighted by Crippen LogP contribution is -2.09. The molecule has 116 valence electrons. The number of thioether (sulfide) groups is 1. The van der Waals surface area contributed by atoms with Crippen molar-refractivity contribution in [1.29, 1.82) is 0 Å². The summed E-state index contributed by atoms with van der Waals surface area (Å²) in [6.45, 7) is 6.61. The Hall–Kier alpha value is -1.59. The summed E-state index contributed by atoms with van der Waals surface area (Å²) in [5, 5.41) is 2.89. The third-order valence-electron chi connectivity index (χ3n) is 2.72. The molecule has 1 amide bonds. The number of carbonyl (C=O) groups excluding carboxylic acids is 1. The van der Waals surface area contributed by atoms with Crippen LogP contribution in [0.2, 0.25) is 0 Å². The van der Waals surface area contributed by atoms with E-state index in [0.29, 0.717) is 0 Å². The van der Waals surface area contributed by atoms with Gasteiger partial charge in [-0.15, -0.1) is 11.3 Å². The van der Waals surface area contributed by atoms with Crippen molar-refractivity contribution in [1.82, 2.24) is 4.98 Å². The number of anilines is 1. The quantitative estimate of drug-likeness (QED) is 0.798. The Bertz CT molecular complexity index is 643. The molecule has 0 aliphatic rings. The van der Waals surface area contributed by atoms with E-state index in [1.54, 1.807) is 17.8 Å². The monoisotopic (exact) mass is 332 g/mol. The van der Waals surface area contributed by atoms with Gasteiger partial charge < -0.3 is 5.32 Å². The van der Waals surface area contributed by atoms with Crippen molar-refractivity contribution in [3.63, 3.8) is 0 Å². The highest BCUT2D eigenvalue weighted by Crippen LogP contribution is 2.27. The molecule has 0 saturated carbocycles. The number of hydrogen-bond acceptors (Lipinski definition) is 4. The summed E-state index contributed by atoms with van der Waals surface area (Å²) in [5.41, 5.74) is 3.78. The maximum absolute atomic E-state index is 11.9. The van der Waals surface area contributed by atoms with Gasteiger partial charge >= 0.3 is 0 Å². The van der Waals surface area contributed by atoms with Crippen molar-refractivity contribution in [2.45, 2.75) is 31.3 Å². The summed E-state index contributed by atoms with van der Waals surface area (Å²) in [6.07, 6.45) is 5.04. The molecule has 1 N–H and O–H groups in total. The summed E-state index contributed by atoms with van der Waals surface area (Å²) in [5.74, 6) is 0.804. The van der Waals surface area contributed by atoms with Crippen LogP contribution in [0.5, 0.6) is 0 Å². The summed E-state index contributed by atoms with van der Waals surface area (Å²) < 4.78 is 0.233. The molecule has 0 atom stereocenters. The van der Waals surface area contributed by atoms with Gasteiger partial charge in [-0.1, -0.05) is 32.9 Å². The summed E-state index contributed by atoms with van der Waals surface area (Å²) in [6, 6.07) is 7.99. The van der Waals surface area contributed by atoms with E-state index in [-0.39, 0.29) is 10.7 Å². The second-order valence-corrected chi connectivity index (χ2v) is 8.55. The first-order valence-corrected chi connectivity index (χ1v) is 8.89. The van der Waals surface area contributed by atoms with E-state index in [0.717, 1.165) is 16.3 Å². The largest absolute Gasteiger partial charge is 0.323 e. The van der Waals surface area contributed by atoms with Gasteiger partial charge in [-0.05, 0) is 23.8 Å². The predicted octanol–water partition coefficient (Wildman–Crippen LogP) is 4.83. The maximum atomic E-state index is 11.9. The van der Waals surface area contributed by atoms with E-state index in [4.69, 9.17) is 0 Å². The molecule has 0 bridgehead atoms. The van der Waals surface area contributed by atoms with Gasteiger partial charge in [-0.3, -0.25) is 9.78 Å². The standard InChI is InChI=1S/C17H20N2OS2/c1-17(2,3)22-11-13-5-4-6-14(9-13)19-16(20)8-7-15-10-18-12-21-15/h4-10,12H,11H2,1-3H3,(H,19,20)/b8-7+. The molecule has 0 aliphatic heterocycles. The fraction of sp³-hybridized carbons (Fsp3) is 0.294. The minimum Gasteiger partial charge on any atom is -0.323 e. The van der Waals surface area contributed by atoms with Gasteiger partial charge in [-0.25, -0.2) is 0 Å². The highest BCUT2D eigenvalue weighted by atomic mass is 32.2. The van der Waals surface area contributed by atoms with Crippen LogP contribution in [-0.4, -0.2) is 15.6 Å². The maximum Gasteiger partial charge on any atom is 0.248 e. The lowest BCUT2D eigenvalue weighted by molar-refractivity contribution is -0.111. The molecule has 0 aliphatic carbocycles. The fourth-order valence-electron chi connectivity index (χ4n) is 1.69. The molecule has 2 rings (SSSR count). The number of aromatic nitrogens is 1. The molecule has 0 spiro atoms. The van der Waals surface area contributed by atoms with Gasteiger partial charge in [-0.2, -0.15) is 11.8 Å². The first-order valence-electron chi connectivity index (χ1n) is 7.03. The van der Waals surface area contributed by atoms with Crippen molar-refractivity contribution >= 4 is 40.8 Å². The van der Waals surface area contributed by atoms with Crippen LogP contribution in [0.15, 0.2) is 42.0 Å². The number of amides is 1. The number of nitrogens with zero attached hydrogens (tertiary/aromatic N) is 1. The Balaban J connectivity index is 1.93. The molecule has 0 unspecified atom stereocenters. The van der Waals surface area contributed by atoms with Crippen LogP contribution in [0.25, 0.3) is 6.08 Å². The summed E-state index contributed by atoms with van der Waals surface area (Å²) >= 11 is 3.39. The van der Waals surface area contributed by atoms with Gasteiger partial charge in [0, 0.05) is 33.3 Å². The number of thiazole rings is 1. The molecule has 0 fully saturated rings. The molecule has 3 nitrogen and oxygen atoms in total. The van der Waals surface area contributed by atoms with Gasteiger partial charge in [0.1, 0.15) is 0 Å². The SMILES string of the molecule is CC(C)(C)SCc1cccc(NC(=O)/C=C/c2cncs2)c1. The Kier molecular flexibility index (Phi) is 5.80. The number of benzene rings is 1. The summed E-state index contributed by atoms with van der Waals surface area (Å²) in [7, 11) is 0. The minimum absolute atomic E-state index is 0.131. The number of hydrogen-bond donors (Lipinski definition) is 1. The molecular formula is C17H20N2OS2. The first kappa shape index (κ1) is 16.8. The molecule has 0 radical (unpaired) electrons. The fourth-order valence-corrected chi connectivity index (χ4v) is 2.98. The van der Waals surface area contributed by atoms with Gasteiger partial charge in [0.2, 0.25) is 5.91 Å². The van der Waals surface area contributed by atoms with Crippen LogP contribution in [-0.2, 0) is 10.5 Å². The number of rotatable bonds is 5. The Labute approximate surface area is 139 Å². The topological polar surface area (TPSA) is 42.0 Å². The third-order valence-corrected chi connectivity index (χ3v) is 4.80. The molecular weight excluding hydrogens is 312 g/mol. The molecule has 1 heterocycles. The van der Waals surface area contributed by atoms with Crippen LogP contribution in [0.1, 0.15) is 31.2 Å². The molecule has 2 aromatic rings. The predicted molar refractivity (Wildman–Crippen MR) is 97.3 cm³/mol. The summed E-state index contributed by atoms with van der Waals surface area (Å²) in [4.78, 5) is 16.8. The molecule has 0 saturated heterocycles. The van der Waals surface area contributed by atoms with Crippen molar-refractivity contribution in [2.75, 3.05) is 5.32 Å². The molecule has 5 heteroatoms. The van der Waals surface area contributed by atoms with Gasteiger partial charge in [0.15, 0.2) is 0 Å². The van der Waals surface area contributed by atoms with Crippen LogP contribution in [0, 0.1) is 0 Å². The van der Waals surface area contributed by atoms with E-state index in [1.807, 2.05) is 30.0 Å². The average molecular weight is 332 g/mol. The van der Waals surface area contributed by atoms with Crippen molar-refractivity contribution in [3.8, 4) is 0 Å². The Morgan fingerprint density at radius 1 is 1.41 bits per heavy atom. The van der Waals surface area contributed by atoms with E-state index in [1.165, 1.54) is 23.0 Å². The van der Waals surface area contributed by atoms with E-state index in [2.05, 4.69) is 37.1 Å². The van der Waals surface area contributed by atoms with Crippen molar-refractivity contribution in [2.24, 2.45) is 0 Å². The second-order valence-electron chi connectivity index (χ2n) is 5.83. The molecule has 1 aromatic heterocycles. The molecule has 1 aromatic carbocycles. The number of carbonyl (C=O) groups is 1. The van der Waals surface area contributed by atoms with Crippen molar-refractivity contribution < 1.29 is 4.79 Å². The van der Waals surface area contributed by atoms with Crippen LogP contribution < -0.4 is 5.32 Å². The van der Waals surface area contributed by atoms with Crippen LogP contribution >= 0.6 is 23.1 Å². The highest BCUT2D eigenvalue weighted by molar-refractivity contribution is 7.99. The molecule has 22 heavy (non-hydrogen) atoms. The van der Waals surface area contributed by atoms with E-state index < -0.39 is 0 Å². The Morgan fingerprint density at radius 2 is 2.23 bits per heavy atom. The minimum atomic E-state index is -0.131. The zero-order chi connectivity index (χ0) is 16.0. The van der Waals surface area contributed by atoms with E-state index in [9.17, 15) is 4.79 Å². The lowest BCUT2D eigenvalue weighted by atomic mass is 10.2. The highest BCUT2D eigenvalue weighted by Gasteiger charge is 2.10. The smallest absolute Gasteiger partial charge is 0.248 e. The second kappa shape index (κ2) is 7.61. The van der Waals surface area contributed by atoms with Crippen LogP contribution in [0.3, 0.4) is 0 Å². The first-order chi connectivity index (χ1) is 10.4.